The van der Waals surface area contributed by atoms with Crippen LogP contribution >= 0.6 is 15.9 Å². The Morgan fingerprint density at radius 2 is 2.15 bits per heavy atom. The smallest absolute Gasteiger partial charge is 0.246 e. The minimum atomic E-state index is -0.676. The zero-order chi connectivity index (χ0) is 14.3. The van der Waals surface area contributed by atoms with Crippen LogP contribution in [0.1, 0.15) is 18.4 Å². The van der Waals surface area contributed by atoms with Crippen molar-refractivity contribution in [3.8, 4) is 0 Å². The molecule has 2 aliphatic rings. The van der Waals surface area contributed by atoms with Crippen LogP contribution in [0, 0.1) is 11.7 Å². The second-order valence-corrected chi connectivity index (χ2v) is 6.49. The molecule has 106 valence electrons. The summed E-state index contributed by atoms with van der Waals surface area (Å²) in [6.07, 6.45) is 4.93. The summed E-state index contributed by atoms with van der Waals surface area (Å²) in [5, 5.41) is 10.2. The van der Waals surface area contributed by atoms with Gasteiger partial charge in [-0.25, -0.2) is 4.39 Å². The summed E-state index contributed by atoms with van der Waals surface area (Å²) in [6.45, 7) is 0.781. The second kappa shape index (κ2) is 4.97. The summed E-state index contributed by atoms with van der Waals surface area (Å²) in [4.78, 5) is 13.5. The lowest BCUT2D eigenvalue weighted by Crippen LogP contribution is -2.64. The predicted octanol–water partition coefficient (Wildman–Crippen LogP) is 2.58. The van der Waals surface area contributed by atoms with Crippen LogP contribution in [-0.2, 0) is 4.79 Å². The average molecular weight is 340 g/mol. The summed E-state index contributed by atoms with van der Waals surface area (Å²) < 4.78 is 14.3. The fourth-order valence-electron chi connectivity index (χ4n) is 2.56. The number of hydrogen-bond donors (Lipinski definition) is 1. The molecular formula is C15H15BrFNO2. The van der Waals surface area contributed by atoms with Gasteiger partial charge in [-0.3, -0.25) is 4.79 Å². The van der Waals surface area contributed by atoms with Gasteiger partial charge in [-0.2, -0.15) is 0 Å². The van der Waals surface area contributed by atoms with Gasteiger partial charge >= 0.3 is 0 Å². The Kier molecular flexibility index (Phi) is 3.42. The number of β-amino-alcohol motifs (C(OH)–C–C–N with tert-alkyl or cyclic N) is 1. The Morgan fingerprint density at radius 3 is 2.80 bits per heavy atom. The van der Waals surface area contributed by atoms with E-state index in [9.17, 15) is 14.3 Å². The molecule has 1 aliphatic heterocycles. The maximum absolute atomic E-state index is 13.5. The molecule has 2 fully saturated rings. The quantitative estimate of drug-likeness (QED) is 0.860. The summed E-state index contributed by atoms with van der Waals surface area (Å²) in [5.41, 5.74) is -0.310. The van der Waals surface area contributed by atoms with Crippen molar-refractivity contribution in [1.82, 2.24) is 4.90 Å². The van der Waals surface area contributed by atoms with Gasteiger partial charge in [-0.05, 0) is 43.0 Å². The van der Waals surface area contributed by atoms with E-state index in [2.05, 4.69) is 15.9 Å². The van der Waals surface area contributed by atoms with E-state index in [1.165, 1.54) is 18.2 Å². The Morgan fingerprint density at radius 1 is 1.45 bits per heavy atom. The number of nitrogens with zero attached hydrogens (tertiary/aromatic N) is 1. The van der Waals surface area contributed by atoms with Crippen LogP contribution in [0.15, 0.2) is 28.7 Å². The van der Waals surface area contributed by atoms with Crippen molar-refractivity contribution in [2.24, 2.45) is 5.92 Å². The molecule has 1 heterocycles. The van der Waals surface area contributed by atoms with Gasteiger partial charge in [0, 0.05) is 16.1 Å². The number of carbonyl (C=O) groups is 1. The van der Waals surface area contributed by atoms with Crippen LogP contribution in [0.3, 0.4) is 0 Å². The van der Waals surface area contributed by atoms with E-state index in [0.29, 0.717) is 24.6 Å². The molecule has 0 radical (unpaired) electrons. The van der Waals surface area contributed by atoms with Gasteiger partial charge in [0.1, 0.15) is 11.4 Å². The fourth-order valence-corrected chi connectivity index (χ4v) is 2.94. The van der Waals surface area contributed by atoms with E-state index in [1.54, 1.807) is 17.0 Å². The van der Waals surface area contributed by atoms with E-state index in [0.717, 1.165) is 17.3 Å². The molecule has 0 spiro atoms. The number of amides is 1. The van der Waals surface area contributed by atoms with Crippen LogP contribution in [0.4, 0.5) is 4.39 Å². The van der Waals surface area contributed by atoms with Crippen LogP contribution in [0.5, 0.6) is 0 Å². The van der Waals surface area contributed by atoms with Crippen LogP contribution in [0.25, 0.3) is 6.08 Å². The first-order chi connectivity index (χ1) is 9.48. The maximum atomic E-state index is 13.5. The Labute approximate surface area is 125 Å². The Hall–Kier alpha value is -1.20. The molecule has 3 rings (SSSR count). The first-order valence-electron chi connectivity index (χ1n) is 6.62. The average Bonchev–Trinajstić information content (AvgIpc) is 3.20. The summed E-state index contributed by atoms with van der Waals surface area (Å²) in [7, 11) is 0. The molecule has 0 atom stereocenters. The highest BCUT2D eigenvalue weighted by Gasteiger charge is 2.52. The number of likely N-dealkylation sites (tertiary alicyclic amines) is 1. The van der Waals surface area contributed by atoms with Crippen molar-refractivity contribution < 1.29 is 14.3 Å². The summed E-state index contributed by atoms with van der Waals surface area (Å²) in [6, 6.07) is 4.58. The lowest BCUT2D eigenvalue weighted by Gasteiger charge is -2.46. The van der Waals surface area contributed by atoms with Gasteiger partial charge < -0.3 is 10.0 Å². The molecule has 1 aromatic rings. The van der Waals surface area contributed by atoms with E-state index in [4.69, 9.17) is 0 Å². The van der Waals surface area contributed by atoms with Crippen molar-refractivity contribution in [2.45, 2.75) is 18.4 Å². The zero-order valence-corrected chi connectivity index (χ0v) is 12.4. The molecule has 0 aromatic heterocycles. The first-order valence-corrected chi connectivity index (χ1v) is 7.42. The molecule has 1 amide bonds. The number of aliphatic hydroxyl groups is 1. The molecule has 1 saturated carbocycles. The third-order valence-electron chi connectivity index (χ3n) is 3.94. The molecule has 20 heavy (non-hydrogen) atoms. The molecule has 1 aromatic carbocycles. The maximum Gasteiger partial charge on any atom is 0.246 e. The molecule has 3 nitrogen and oxygen atoms in total. The van der Waals surface area contributed by atoms with Crippen molar-refractivity contribution in [3.63, 3.8) is 0 Å². The van der Waals surface area contributed by atoms with Crippen molar-refractivity contribution >= 4 is 27.9 Å². The summed E-state index contributed by atoms with van der Waals surface area (Å²) >= 11 is 3.27. The van der Waals surface area contributed by atoms with Crippen molar-refractivity contribution in [3.05, 3.63) is 40.1 Å². The van der Waals surface area contributed by atoms with E-state index < -0.39 is 5.60 Å². The Balaban J connectivity index is 1.62. The highest BCUT2D eigenvalue weighted by molar-refractivity contribution is 9.10. The second-order valence-electron chi connectivity index (χ2n) is 5.57. The topological polar surface area (TPSA) is 40.5 Å². The van der Waals surface area contributed by atoms with E-state index in [1.807, 2.05) is 0 Å². The van der Waals surface area contributed by atoms with Crippen molar-refractivity contribution in [2.75, 3.05) is 13.1 Å². The van der Waals surface area contributed by atoms with Gasteiger partial charge in [0.2, 0.25) is 5.91 Å². The zero-order valence-electron chi connectivity index (χ0n) is 10.9. The molecule has 0 unspecified atom stereocenters. The van der Waals surface area contributed by atoms with Gasteiger partial charge in [-0.1, -0.05) is 15.9 Å². The van der Waals surface area contributed by atoms with Crippen LogP contribution < -0.4 is 0 Å². The van der Waals surface area contributed by atoms with Gasteiger partial charge in [-0.15, -0.1) is 0 Å². The molecule has 0 bridgehead atoms. The van der Waals surface area contributed by atoms with Gasteiger partial charge in [0.15, 0.2) is 0 Å². The highest BCUT2D eigenvalue weighted by Crippen LogP contribution is 2.44. The fraction of sp³-hybridized carbons (Fsp3) is 0.400. The third kappa shape index (κ3) is 2.65. The number of rotatable bonds is 3. The molecular weight excluding hydrogens is 325 g/mol. The van der Waals surface area contributed by atoms with E-state index in [-0.39, 0.29) is 11.7 Å². The SMILES string of the molecule is O=C(C=Cc1cc(Br)ccc1F)N1CC(O)(C2CC2)C1. The minimum Gasteiger partial charge on any atom is -0.386 e. The Bertz CT molecular complexity index is 577. The lowest BCUT2D eigenvalue weighted by atomic mass is 9.88. The van der Waals surface area contributed by atoms with Gasteiger partial charge in [0.05, 0.1) is 13.1 Å². The third-order valence-corrected chi connectivity index (χ3v) is 4.44. The molecule has 5 heteroatoms. The van der Waals surface area contributed by atoms with E-state index >= 15 is 0 Å². The lowest BCUT2D eigenvalue weighted by molar-refractivity contribution is -0.154. The monoisotopic (exact) mass is 339 g/mol. The molecule has 1 aliphatic carbocycles. The van der Waals surface area contributed by atoms with Gasteiger partial charge in [0.25, 0.3) is 0 Å². The minimum absolute atomic E-state index is 0.185. The predicted molar refractivity (Wildman–Crippen MR) is 77.4 cm³/mol. The molecule has 1 N–H and O–H groups in total. The number of carbonyl (C=O) groups excluding carboxylic acids is 1. The number of halogens is 2. The normalized spacial score (nSPS) is 21.1. The number of hydrogen-bond acceptors (Lipinski definition) is 2. The van der Waals surface area contributed by atoms with Crippen molar-refractivity contribution in [1.29, 1.82) is 0 Å². The largest absolute Gasteiger partial charge is 0.386 e. The standard InChI is InChI=1S/C15H15BrFNO2/c16-12-4-5-13(17)10(7-12)1-6-14(19)18-8-15(20,9-18)11-2-3-11/h1,4-7,11,20H,2-3,8-9H2. The first kappa shape index (κ1) is 13.8. The van der Waals surface area contributed by atoms with Crippen LogP contribution in [0.2, 0.25) is 0 Å². The summed E-state index contributed by atoms with van der Waals surface area (Å²) in [5.74, 6) is -0.192. The highest BCUT2D eigenvalue weighted by atomic mass is 79.9. The van der Waals surface area contributed by atoms with Crippen LogP contribution in [-0.4, -0.2) is 34.6 Å². The number of benzene rings is 1. The molecule has 1 saturated heterocycles.